The summed E-state index contributed by atoms with van der Waals surface area (Å²) in [6, 6.07) is 0. The quantitative estimate of drug-likeness (QED) is 0.541. The Morgan fingerprint density at radius 3 is 2.41 bits per heavy atom. The molecule has 0 saturated heterocycles. The van der Waals surface area contributed by atoms with E-state index in [4.69, 9.17) is 4.74 Å². The first-order valence-corrected chi connectivity index (χ1v) is 6.72. The second kappa shape index (κ2) is 5.24. The van der Waals surface area contributed by atoms with Crippen molar-refractivity contribution in [3.63, 3.8) is 0 Å². The third-order valence-corrected chi connectivity index (χ3v) is 3.85. The zero-order chi connectivity index (χ0) is 13.1. The van der Waals surface area contributed by atoms with Gasteiger partial charge in [0.2, 0.25) is 0 Å². The summed E-state index contributed by atoms with van der Waals surface area (Å²) < 4.78 is 5.73. The smallest absolute Gasteiger partial charge is 0.312 e. The lowest BCUT2D eigenvalue weighted by Gasteiger charge is -2.33. The number of hydrogen-bond acceptors (Lipinski definition) is 2. The lowest BCUT2D eigenvalue weighted by Crippen LogP contribution is -2.37. The number of esters is 1. The van der Waals surface area contributed by atoms with Gasteiger partial charge in [0.15, 0.2) is 0 Å². The first-order chi connectivity index (χ1) is 7.79. The van der Waals surface area contributed by atoms with Gasteiger partial charge >= 0.3 is 5.97 Å². The molecule has 0 N–H and O–H groups in total. The maximum Gasteiger partial charge on any atom is 0.312 e. The van der Waals surface area contributed by atoms with Crippen molar-refractivity contribution >= 4 is 5.97 Å². The maximum atomic E-state index is 12.1. The van der Waals surface area contributed by atoms with Crippen LogP contribution in [0.2, 0.25) is 0 Å². The van der Waals surface area contributed by atoms with Gasteiger partial charge in [0.05, 0.1) is 5.41 Å². The minimum Gasteiger partial charge on any atom is -0.455 e. The summed E-state index contributed by atoms with van der Waals surface area (Å²) >= 11 is 0. The SMILES string of the molecule is CCC(C)(C)C(=O)OC(C)(C)C1=CCCCC1. The molecule has 0 spiro atoms. The van der Waals surface area contributed by atoms with Crippen LogP contribution < -0.4 is 0 Å². The van der Waals surface area contributed by atoms with Gasteiger partial charge < -0.3 is 4.74 Å². The number of ether oxygens (including phenoxy) is 1. The molecule has 0 aromatic rings. The van der Waals surface area contributed by atoms with Crippen molar-refractivity contribution in [2.24, 2.45) is 5.41 Å². The van der Waals surface area contributed by atoms with Crippen LogP contribution in [0.4, 0.5) is 0 Å². The normalized spacial score (nSPS) is 17.6. The Hall–Kier alpha value is -0.790. The maximum absolute atomic E-state index is 12.1. The Balaban J connectivity index is 2.72. The number of carbonyl (C=O) groups excluding carboxylic acids is 1. The first kappa shape index (κ1) is 14.3. The number of rotatable bonds is 4. The predicted molar refractivity (Wildman–Crippen MR) is 70.8 cm³/mol. The third-order valence-electron chi connectivity index (χ3n) is 3.85. The largest absolute Gasteiger partial charge is 0.455 e. The van der Waals surface area contributed by atoms with Crippen LogP contribution in [0.5, 0.6) is 0 Å². The standard InChI is InChI=1S/C15H26O2/c1-6-14(2,3)13(16)17-15(4,5)12-10-8-7-9-11-12/h10H,6-9,11H2,1-5H3. The van der Waals surface area contributed by atoms with Gasteiger partial charge in [0, 0.05) is 0 Å². The Morgan fingerprint density at radius 2 is 1.94 bits per heavy atom. The summed E-state index contributed by atoms with van der Waals surface area (Å²) in [6.45, 7) is 9.93. The minimum atomic E-state index is -0.441. The van der Waals surface area contributed by atoms with E-state index in [0.29, 0.717) is 0 Å². The van der Waals surface area contributed by atoms with E-state index >= 15 is 0 Å². The van der Waals surface area contributed by atoms with Gasteiger partial charge in [0.1, 0.15) is 5.60 Å². The van der Waals surface area contributed by atoms with Crippen molar-refractivity contribution in [3.05, 3.63) is 11.6 Å². The van der Waals surface area contributed by atoms with E-state index in [1.165, 1.54) is 18.4 Å². The van der Waals surface area contributed by atoms with Crippen molar-refractivity contribution in [2.75, 3.05) is 0 Å². The van der Waals surface area contributed by atoms with E-state index < -0.39 is 5.60 Å². The molecule has 0 saturated carbocycles. The highest BCUT2D eigenvalue weighted by Crippen LogP contribution is 2.33. The highest BCUT2D eigenvalue weighted by atomic mass is 16.6. The van der Waals surface area contributed by atoms with Crippen molar-refractivity contribution < 1.29 is 9.53 Å². The highest BCUT2D eigenvalue weighted by molar-refractivity contribution is 5.76. The lowest BCUT2D eigenvalue weighted by atomic mass is 9.86. The fraction of sp³-hybridized carbons (Fsp3) is 0.800. The average Bonchev–Trinajstić information content (AvgIpc) is 2.29. The molecule has 1 rings (SSSR count). The Labute approximate surface area is 105 Å². The molecule has 1 aliphatic carbocycles. The molecule has 0 aromatic heterocycles. The van der Waals surface area contributed by atoms with Crippen LogP contribution >= 0.6 is 0 Å². The van der Waals surface area contributed by atoms with Crippen LogP contribution in [0.1, 0.15) is 66.7 Å². The van der Waals surface area contributed by atoms with Crippen molar-refractivity contribution in [3.8, 4) is 0 Å². The number of carbonyl (C=O) groups is 1. The second-order valence-corrected chi connectivity index (χ2v) is 6.11. The summed E-state index contributed by atoms with van der Waals surface area (Å²) in [6.07, 6.45) is 7.70. The molecule has 98 valence electrons. The fourth-order valence-corrected chi connectivity index (χ4v) is 1.96. The van der Waals surface area contributed by atoms with Crippen LogP contribution in [0, 0.1) is 5.41 Å². The molecule has 17 heavy (non-hydrogen) atoms. The number of allylic oxidation sites excluding steroid dienone is 1. The van der Waals surface area contributed by atoms with Crippen molar-refractivity contribution in [2.45, 2.75) is 72.3 Å². The molecule has 0 bridgehead atoms. The lowest BCUT2D eigenvalue weighted by molar-refractivity contribution is -0.164. The molecule has 0 fully saturated rings. The molecular formula is C15H26O2. The zero-order valence-electron chi connectivity index (χ0n) is 11.9. The minimum absolute atomic E-state index is 0.0866. The first-order valence-electron chi connectivity index (χ1n) is 6.72. The summed E-state index contributed by atoms with van der Waals surface area (Å²) in [7, 11) is 0. The van der Waals surface area contributed by atoms with Crippen LogP contribution in [0.25, 0.3) is 0 Å². The van der Waals surface area contributed by atoms with E-state index in [1.54, 1.807) is 0 Å². The van der Waals surface area contributed by atoms with Gasteiger partial charge in [-0.15, -0.1) is 0 Å². The topological polar surface area (TPSA) is 26.3 Å². The molecule has 0 aromatic carbocycles. The van der Waals surface area contributed by atoms with Crippen molar-refractivity contribution in [1.29, 1.82) is 0 Å². The molecule has 0 aliphatic heterocycles. The van der Waals surface area contributed by atoms with Gasteiger partial charge in [0.25, 0.3) is 0 Å². The van der Waals surface area contributed by atoms with E-state index in [2.05, 4.69) is 6.08 Å². The Bertz CT molecular complexity index is 311. The molecule has 0 radical (unpaired) electrons. The fourth-order valence-electron chi connectivity index (χ4n) is 1.96. The van der Waals surface area contributed by atoms with Gasteiger partial charge in [-0.1, -0.05) is 13.0 Å². The van der Waals surface area contributed by atoms with E-state index in [0.717, 1.165) is 19.3 Å². The highest BCUT2D eigenvalue weighted by Gasteiger charge is 2.34. The van der Waals surface area contributed by atoms with Gasteiger partial charge in [-0.3, -0.25) is 4.79 Å². The van der Waals surface area contributed by atoms with Gasteiger partial charge in [-0.25, -0.2) is 0 Å². The van der Waals surface area contributed by atoms with E-state index in [9.17, 15) is 4.79 Å². The average molecular weight is 238 g/mol. The van der Waals surface area contributed by atoms with E-state index in [-0.39, 0.29) is 11.4 Å². The van der Waals surface area contributed by atoms with Crippen LogP contribution in [-0.2, 0) is 9.53 Å². The van der Waals surface area contributed by atoms with Crippen LogP contribution in [0.3, 0.4) is 0 Å². The van der Waals surface area contributed by atoms with Gasteiger partial charge in [-0.2, -0.15) is 0 Å². The zero-order valence-corrected chi connectivity index (χ0v) is 11.9. The summed E-state index contributed by atoms with van der Waals surface area (Å²) in [5.41, 5.74) is 0.459. The molecule has 0 amide bonds. The number of hydrogen-bond donors (Lipinski definition) is 0. The van der Waals surface area contributed by atoms with Crippen LogP contribution in [0.15, 0.2) is 11.6 Å². The predicted octanol–water partition coefficient (Wildman–Crippen LogP) is 4.24. The molecule has 2 heteroatoms. The van der Waals surface area contributed by atoms with Crippen LogP contribution in [-0.4, -0.2) is 11.6 Å². The third kappa shape index (κ3) is 3.58. The summed E-state index contributed by atoms with van der Waals surface area (Å²) in [5, 5.41) is 0. The molecular weight excluding hydrogens is 212 g/mol. The molecule has 1 aliphatic rings. The monoisotopic (exact) mass is 238 g/mol. The Kier molecular flexibility index (Phi) is 4.40. The summed E-state index contributed by atoms with van der Waals surface area (Å²) in [4.78, 5) is 12.1. The molecule has 0 unspecified atom stereocenters. The Morgan fingerprint density at radius 1 is 1.29 bits per heavy atom. The second-order valence-electron chi connectivity index (χ2n) is 6.11. The molecule has 2 nitrogen and oxygen atoms in total. The summed E-state index contributed by atoms with van der Waals surface area (Å²) in [5.74, 6) is -0.0866. The van der Waals surface area contributed by atoms with Gasteiger partial charge in [-0.05, 0) is 65.4 Å². The van der Waals surface area contributed by atoms with E-state index in [1.807, 2.05) is 34.6 Å². The van der Waals surface area contributed by atoms with Crippen molar-refractivity contribution in [1.82, 2.24) is 0 Å². The molecule has 0 heterocycles. The molecule has 0 atom stereocenters.